The molecule has 2 aromatic rings. The Hall–Kier alpha value is -1.77. The van der Waals surface area contributed by atoms with Gasteiger partial charge in [0.2, 0.25) is 0 Å². The second-order valence-electron chi connectivity index (χ2n) is 3.05. The van der Waals surface area contributed by atoms with Gasteiger partial charge in [-0.2, -0.15) is 0 Å². The van der Waals surface area contributed by atoms with E-state index in [4.69, 9.17) is 0 Å². The quantitative estimate of drug-likeness (QED) is 0.466. The van der Waals surface area contributed by atoms with Crippen molar-refractivity contribution in [2.45, 2.75) is 0 Å². The number of rotatable bonds is 0. The summed E-state index contributed by atoms with van der Waals surface area (Å²) in [6.07, 6.45) is 3.66. The third-order valence-electron chi connectivity index (χ3n) is 2.05. The van der Waals surface area contributed by atoms with Gasteiger partial charge in [0.15, 0.2) is 23.9 Å². The van der Waals surface area contributed by atoms with Crippen molar-refractivity contribution in [1.82, 2.24) is 0 Å². The highest BCUT2D eigenvalue weighted by atomic mass is 16.3. The summed E-state index contributed by atoms with van der Waals surface area (Å²) < 4.78 is 1.82. The van der Waals surface area contributed by atoms with Gasteiger partial charge in [-0.3, -0.25) is 0 Å². The molecular weight excluding hydrogens is 166 g/mol. The van der Waals surface area contributed by atoms with Crippen LogP contribution in [0, 0.1) is 0 Å². The Balaban J connectivity index is 2.89. The average molecular weight is 176 g/mol. The lowest BCUT2D eigenvalue weighted by molar-refractivity contribution is -0.670. The summed E-state index contributed by atoms with van der Waals surface area (Å²) in [6.45, 7) is 0. The smallest absolute Gasteiger partial charge is 0.180 e. The molecule has 0 unspecified atom stereocenters. The van der Waals surface area contributed by atoms with Gasteiger partial charge < -0.3 is 10.2 Å². The second-order valence-corrected chi connectivity index (χ2v) is 3.05. The normalized spacial score (nSPS) is 10.5. The number of fused-ring (bicyclic) bond motifs is 1. The molecule has 2 rings (SSSR count). The molecule has 3 heteroatoms. The molecule has 2 N–H and O–H groups in total. The molecule has 0 saturated carbocycles. The number of pyridine rings is 1. The van der Waals surface area contributed by atoms with Gasteiger partial charge in [-0.1, -0.05) is 0 Å². The third kappa shape index (κ3) is 1.18. The molecule has 0 aliphatic carbocycles. The molecule has 0 saturated heterocycles. The Morgan fingerprint density at radius 1 is 1.15 bits per heavy atom. The monoisotopic (exact) mass is 176 g/mol. The molecule has 0 aliphatic rings. The van der Waals surface area contributed by atoms with Crippen LogP contribution in [0.4, 0.5) is 0 Å². The summed E-state index contributed by atoms with van der Waals surface area (Å²) in [4.78, 5) is 0. The van der Waals surface area contributed by atoms with E-state index in [9.17, 15) is 10.2 Å². The molecule has 13 heavy (non-hydrogen) atoms. The molecule has 1 aromatic heterocycles. The van der Waals surface area contributed by atoms with Gasteiger partial charge in [0.05, 0.1) is 5.39 Å². The predicted octanol–water partition coefficient (Wildman–Crippen LogP) is 1.08. The van der Waals surface area contributed by atoms with Gasteiger partial charge in [-0.25, -0.2) is 4.57 Å². The average Bonchev–Trinajstić information content (AvgIpc) is 2.12. The van der Waals surface area contributed by atoms with E-state index in [1.54, 1.807) is 12.3 Å². The molecule has 1 aromatic carbocycles. The van der Waals surface area contributed by atoms with E-state index in [1.165, 1.54) is 6.07 Å². The first-order valence-corrected chi connectivity index (χ1v) is 3.98. The summed E-state index contributed by atoms with van der Waals surface area (Å²) in [5.41, 5.74) is 0. The number of aryl methyl sites for hydroxylation is 1. The van der Waals surface area contributed by atoms with Crippen molar-refractivity contribution < 1.29 is 14.8 Å². The summed E-state index contributed by atoms with van der Waals surface area (Å²) in [7, 11) is 1.86. The SMILES string of the molecule is C[n+]1ccc2ccc(O)c(O)c2c1. The molecular formula is C10H10NO2+. The lowest BCUT2D eigenvalue weighted by Crippen LogP contribution is -2.25. The zero-order valence-electron chi connectivity index (χ0n) is 7.23. The molecule has 0 fully saturated rings. The van der Waals surface area contributed by atoms with E-state index in [0.717, 1.165) is 5.39 Å². The molecule has 0 radical (unpaired) electrons. The van der Waals surface area contributed by atoms with E-state index in [-0.39, 0.29) is 11.5 Å². The number of hydrogen-bond acceptors (Lipinski definition) is 2. The number of aromatic hydroxyl groups is 2. The van der Waals surface area contributed by atoms with E-state index < -0.39 is 0 Å². The van der Waals surface area contributed by atoms with Crippen LogP contribution in [0.15, 0.2) is 30.6 Å². The van der Waals surface area contributed by atoms with Crippen LogP contribution in [0.25, 0.3) is 10.8 Å². The maximum Gasteiger partial charge on any atom is 0.180 e. The summed E-state index contributed by atoms with van der Waals surface area (Å²) >= 11 is 0. The Morgan fingerprint density at radius 3 is 2.69 bits per heavy atom. The Morgan fingerprint density at radius 2 is 1.92 bits per heavy atom. The number of aromatic nitrogens is 1. The van der Waals surface area contributed by atoms with Crippen molar-refractivity contribution in [3.05, 3.63) is 30.6 Å². The van der Waals surface area contributed by atoms with Gasteiger partial charge in [-0.15, -0.1) is 0 Å². The van der Waals surface area contributed by atoms with E-state index in [2.05, 4.69) is 0 Å². The van der Waals surface area contributed by atoms with Gasteiger partial charge in [0.25, 0.3) is 0 Å². The van der Waals surface area contributed by atoms with Crippen LogP contribution in [0.3, 0.4) is 0 Å². The standard InChI is InChI=1S/C10H9NO2/c1-11-5-4-7-2-3-9(12)10(13)8(7)6-11/h2-6,12H,1H3/p+1. The van der Waals surface area contributed by atoms with Crippen molar-refractivity contribution in [1.29, 1.82) is 0 Å². The maximum absolute atomic E-state index is 9.52. The zero-order valence-corrected chi connectivity index (χ0v) is 7.23. The molecule has 3 nitrogen and oxygen atoms in total. The highest BCUT2D eigenvalue weighted by Gasteiger charge is 2.07. The largest absolute Gasteiger partial charge is 0.504 e. The van der Waals surface area contributed by atoms with Crippen molar-refractivity contribution >= 4 is 10.8 Å². The van der Waals surface area contributed by atoms with Crippen molar-refractivity contribution in [3.8, 4) is 11.5 Å². The number of benzene rings is 1. The van der Waals surface area contributed by atoms with Crippen molar-refractivity contribution in [2.75, 3.05) is 0 Å². The molecule has 0 amide bonds. The molecule has 0 atom stereocenters. The lowest BCUT2D eigenvalue weighted by atomic mass is 10.1. The molecule has 0 spiro atoms. The fraction of sp³-hybridized carbons (Fsp3) is 0.100. The van der Waals surface area contributed by atoms with Gasteiger partial charge in [0.1, 0.15) is 7.05 Å². The van der Waals surface area contributed by atoms with Gasteiger partial charge in [0, 0.05) is 6.07 Å². The zero-order chi connectivity index (χ0) is 9.42. The molecule has 0 bridgehead atoms. The fourth-order valence-corrected chi connectivity index (χ4v) is 1.34. The minimum atomic E-state index is -0.0845. The Kier molecular flexibility index (Phi) is 1.59. The minimum Gasteiger partial charge on any atom is -0.504 e. The summed E-state index contributed by atoms with van der Waals surface area (Å²) in [6, 6.07) is 5.14. The number of hydrogen-bond donors (Lipinski definition) is 2. The maximum atomic E-state index is 9.52. The van der Waals surface area contributed by atoms with E-state index in [0.29, 0.717) is 5.39 Å². The lowest BCUT2D eigenvalue weighted by Gasteiger charge is -2.00. The Labute approximate surface area is 75.5 Å². The first kappa shape index (κ1) is 7.86. The number of phenolic OH excluding ortho intramolecular Hbond substituents is 2. The summed E-state index contributed by atoms with van der Waals surface area (Å²) in [5.74, 6) is -0.146. The topological polar surface area (TPSA) is 44.3 Å². The second kappa shape index (κ2) is 2.62. The number of phenols is 2. The molecule has 66 valence electrons. The number of nitrogens with zero attached hydrogens (tertiary/aromatic N) is 1. The fourth-order valence-electron chi connectivity index (χ4n) is 1.34. The Bertz CT molecular complexity index is 460. The van der Waals surface area contributed by atoms with Crippen LogP contribution in [0.5, 0.6) is 11.5 Å². The highest BCUT2D eigenvalue weighted by Crippen LogP contribution is 2.31. The van der Waals surface area contributed by atoms with Crippen molar-refractivity contribution in [3.63, 3.8) is 0 Å². The van der Waals surface area contributed by atoms with Crippen LogP contribution in [0.1, 0.15) is 0 Å². The predicted molar refractivity (Wildman–Crippen MR) is 48.5 cm³/mol. The molecule has 1 heterocycles. The van der Waals surface area contributed by atoms with Crippen LogP contribution in [-0.2, 0) is 7.05 Å². The first-order chi connectivity index (χ1) is 6.18. The van der Waals surface area contributed by atoms with Crippen LogP contribution >= 0.6 is 0 Å². The first-order valence-electron chi connectivity index (χ1n) is 3.98. The third-order valence-corrected chi connectivity index (χ3v) is 2.05. The van der Waals surface area contributed by atoms with Gasteiger partial charge >= 0.3 is 0 Å². The van der Waals surface area contributed by atoms with Crippen LogP contribution in [-0.4, -0.2) is 10.2 Å². The van der Waals surface area contributed by atoms with Crippen LogP contribution in [0.2, 0.25) is 0 Å². The van der Waals surface area contributed by atoms with E-state index >= 15 is 0 Å². The summed E-state index contributed by atoms with van der Waals surface area (Å²) in [5, 5.41) is 20.3. The highest BCUT2D eigenvalue weighted by molar-refractivity contribution is 5.88. The minimum absolute atomic E-state index is 0.0614. The molecule has 0 aliphatic heterocycles. The van der Waals surface area contributed by atoms with E-state index in [1.807, 2.05) is 23.9 Å². The van der Waals surface area contributed by atoms with Crippen LogP contribution < -0.4 is 4.57 Å². The van der Waals surface area contributed by atoms with Gasteiger partial charge in [-0.05, 0) is 17.5 Å². The van der Waals surface area contributed by atoms with Crippen molar-refractivity contribution in [2.24, 2.45) is 7.05 Å².